The summed E-state index contributed by atoms with van der Waals surface area (Å²) in [6.07, 6.45) is 0. The van der Waals surface area contributed by atoms with E-state index in [1.54, 1.807) is 24.3 Å². The first kappa shape index (κ1) is 13.2. The van der Waals surface area contributed by atoms with Gasteiger partial charge in [0, 0.05) is 5.56 Å². The topological polar surface area (TPSA) is 41.6 Å². The van der Waals surface area contributed by atoms with Gasteiger partial charge in [0.15, 0.2) is 0 Å². The summed E-state index contributed by atoms with van der Waals surface area (Å²) in [5, 5.41) is 6.96. The highest BCUT2D eigenvalue weighted by Gasteiger charge is 2.08. The molecule has 0 bridgehead atoms. The molecule has 0 aliphatic carbocycles. The Balaban J connectivity index is 0.000000637. The number of nitrogens with zero attached hydrogens (tertiary/aromatic N) is 2. The lowest BCUT2D eigenvalue weighted by Gasteiger charge is -2.02. The summed E-state index contributed by atoms with van der Waals surface area (Å²) in [5.74, 6) is -0.263. The highest BCUT2D eigenvalue weighted by atomic mass is 19.1. The van der Waals surface area contributed by atoms with E-state index in [-0.39, 0.29) is 5.82 Å². The molecule has 0 aliphatic heterocycles. The molecular weight excluding hydrogens is 241 g/mol. The van der Waals surface area contributed by atoms with Crippen LogP contribution in [-0.2, 0) is 0 Å². The Morgan fingerprint density at radius 2 is 1.79 bits per heavy atom. The molecule has 0 unspecified atom stereocenters. The normalized spacial score (nSPS) is 10.1. The second-order valence-corrected chi connectivity index (χ2v) is 3.89. The van der Waals surface area contributed by atoms with E-state index in [2.05, 4.69) is 15.2 Å². The van der Waals surface area contributed by atoms with Gasteiger partial charge in [0.2, 0.25) is 0 Å². The molecule has 1 N–H and O–H groups in total. The van der Waals surface area contributed by atoms with Gasteiger partial charge in [-0.05, 0) is 31.2 Å². The number of hydrogen-bond donors (Lipinski definition) is 1. The average molecular weight is 257 g/mol. The van der Waals surface area contributed by atoms with E-state index in [9.17, 15) is 4.39 Å². The lowest BCUT2D eigenvalue weighted by Crippen LogP contribution is -1.88. The zero-order chi connectivity index (χ0) is 13.8. The van der Waals surface area contributed by atoms with Crippen molar-refractivity contribution in [2.45, 2.75) is 20.8 Å². The molecule has 0 atom stereocenters. The van der Waals surface area contributed by atoms with Crippen molar-refractivity contribution < 1.29 is 4.39 Å². The van der Waals surface area contributed by atoms with Crippen LogP contribution < -0.4 is 0 Å². The molecule has 98 valence electrons. The minimum atomic E-state index is -0.263. The van der Waals surface area contributed by atoms with Gasteiger partial charge < -0.3 is 0 Å². The van der Waals surface area contributed by atoms with Gasteiger partial charge in [-0.3, -0.25) is 5.10 Å². The maximum absolute atomic E-state index is 13.6. The summed E-state index contributed by atoms with van der Waals surface area (Å²) in [5.41, 5.74) is 3.60. The van der Waals surface area contributed by atoms with Crippen LogP contribution in [0.4, 0.5) is 4.39 Å². The van der Waals surface area contributed by atoms with Gasteiger partial charge in [0.05, 0.1) is 11.4 Å². The molecule has 0 saturated carbocycles. The van der Waals surface area contributed by atoms with Crippen molar-refractivity contribution in [2.75, 3.05) is 0 Å². The Morgan fingerprint density at radius 3 is 2.53 bits per heavy atom. The van der Waals surface area contributed by atoms with Crippen LogP contribution in [-0.4, -0.2) is 15.2 Å². The summed E-state index contributed by atoms with van der Waals surface area (Å²) in [6, 6.07) is 10.2. The number of aromatic amines is 1. The standard InChI is InChI=1S/C13H10FN3.C2H6/c1-8-13-12(17-16-8)7-6-11(15-13)9-4-2-3-5-10(9)14;1-2/h2-7H,1H3,(H,16,17);1-2H3. The van der Waals surface area contributed by atoms with Crippen LogP contribution in [0.2, 0.25) is 0 Å². The van der Waals surface area contributed by atoms with Crippen molar-refractivity contribution in [2.24, 2.45) is 0 Å². The molecule has 4 heteroatoms. The molecule has 19 heavy (non-hydrogen) atoms. The maximum Gasteiger partial charge on any atom is 0.132 e. The maximum atomic E-state index is 13.6. The third-order valence-electron chi connectivity index (χ3n) is 2.72. The lowest BCUT2D eigenvalue weighted by molar-refractivity contribution is 0.631. The molecule has 0 fully saturated rings. The van der Waals surface area contributed by atoms with Gasteiger partial charge in [0.1, 0.15) is 16.9 Å². The van der Waals surface area contributed by atoms with Crippen LogP contribution in [0.3, 0.4) is 0 Å². The predicted octanol–water partition coefficient (Wildman–Crippen LogP) is 4.10. The summed E-state index contributed by atoms with van der Waals surface area (Å²) in [7, 11) is 0. The molecule has 0 amide bonds. The zero-order valence-electron chi connectivity index (χ0n) is 11.2. The first-order valence-electron chi connectivity index (χ1n) is 6.32. The summed E-state index contributed by atoms with van der Waals surface area (Å²) < 4.78 is 13.6. The van der Waals surface area contributed by atoms with E-state index in [1.807, 2.05) is 26.8 Å². The average Bonchev–Trinajstić information content (AvgIpc) is 2.83. The van der Waals surface area contributed by atoms with Gasteiger partial charge in [-0.25, -0.2) is 9.37 Å². The minimum Gasteiger partial charge on any atom is -0.280 e. The number of H-pyrrole nitrogens is 1. The Labute approximate surface area is 111 Å². The van der Waals surface area contributed by atoms with Gasteiger partial charge in [-0.15, -0.1) is 0 Å². The first-order chi connectivity index (χ1) is 9.25. The highest BCUT2D eigenvalue weighted by molar-refractivity contribution is 5.80. The molecule has 0 radical (unpaired) electrons. The van der Waals surface area contributed by atoms with Crippen molar-refractivity contribution in [3.63, 3.8) is 0 Å². The van der Waals surface area contributed by atoms with Crippen LogP contribution in [0.1, 0.15) is 19.5 Å². The number of aromatic nitrogens is 3. The largest absolute Gasteiger partial charge is 0.280 e. The molecule has 0 saturated heterocycles. The van der Waals surface area contributed by atoms with Crippen LogP contribution >= 0.6 is 0 Å². The fourth-order valence-corrected chi connectivity index (χ4v) is 1.83. The van der Waals surface area contributed by atoms with Crippen molar-refractivity contribution >= 4 is 11.0 Å². The smallest absolute Gasteiger partial charge is 0.132 e. The second-order valence-electron chi connectivity index (χ2n) is 3.89. The summed E-state index contributed by atoms with van der Waals surface area (Å²) in [4.78, 5) is 4.43. The molecule has 3 rings (SSSR count). The fourth-order valence-electron chi connectivity index (χ4n) is 1.83. The van der Waals surface area contributed by atoms with Crippen molar-refractivity contribution in [1.82, 2.24) is 15.2 Å². The van der Waals surface area contributed by atoms with Crippen molar-refractivity contribution in [3.05, 3.63) is 47.9 Å². The SMILES string of the molecule is CC.Cc1[nH]nc2ccc(-c3ccccc3F)nc12. The van der Waals surface area contributed by atoms with Crippen LogP contribution in [0.25, 0.3) is 22.3 Å². The zero-order valence-corrected chi connectivity index (χ0v) is 11.2. The van der Waals surface area contributed by atoms with Gasteiger partial charge >= 0.3 is 0 Å². The Morgan fingerprint density at radius 1 is 1.05 bits per heavy atom. The molecule has 3 aromatic rings. The monoisotopic (exact) mass is 257 g/mol. The molecule has 0 spiro atoms. The number of halogens is 1. The van der Waals surface area contributed by atoms with Crippen molar-refractivity contribution in [1.29, 1.82) is 0 Å². The Kier molecular flexibility index (Phi) is 3.90. The van der Waals surface area contributed by atoms with E-state index in [4.69, 9.17) is 0 Å². The van der Waals surface area contributed by atoms with Crippen molar-refractivity contribution in [3.8, 4) is 11.3 Å². The van der Waals surface area contributed by atoms with Gasteiger partial charge in [0.25, 0.3) is 0 Å². The highest BCUT2D eigenvalue weighted by Crippen LogP contribution is 2.23. The van der Waals surface area contributed by atoms with E-state index in [1.165, 1.54) is 6.07 Å². The van der Waals surface area contributed by atoms with Crippen LogP contribution in [0, 0.1) is 12.7 Å². The van der Waals surface area contributed by atoms with Gasteiger partial charge in [-0.1, -0.05) is 26.0 Å². The molecule has 2 heterocycles. The molecular formula is C15H16FN3. The number of rotatable bonds is 1. The number of nitrogens with one attached hydrogen (secondary N) is 1. The number of pyridine rings is 1. The van der Waals surface area contributed by atoms with E-state index in [0.717, 1.165) is 16.7 Å². The molecule has 1 aromatic carbocycles. The fraction of sp³-hybridized carbons (Fsp3) is 0.200. The number of aryl methyl sites for hydroxylation is 1. The van der Waals surface area contributed by atoms with E-state index >= 15 is 0 Å². The number of fused-ring (bicyclic) bond motifs is 1. The number of hydrogen-bond acceptors (Lipinski definition) is 2. The molecule has 0 aliphatic rings. The van der Waals surface area contributed by atoms with Crippen LogP contribution in [0.15, 0.2) is 36.4 Å². The molecule has 2 aromatic heterocycles. The van der Waals surface area contributed by atoms with E-state index < -0.39 is 0 Å². The Bertz CT molecular complexity index is 689. The van der Waals surface area contributed by atoms with Gasteiger partial charge in [-0.2, -0.15) is 5.10 Å². The van der Waals surface area contributed by atoms with E-state index in [0.29, 0.717) is 11.3 Å². The summed E-state index contributed by atoms with van der Waals surface area (Å²) in [6.45, 7) is 5.90. The lowest BCUT2D eigenvalue weighted by atomic mass is 10.1. The number of benzene rings is 1. The predicted molar refractivity (Wildman–Crippen MR) is 75.4 cm³/mol. The Hall–Kier alpha value is -2.23. The van der Waals surface area contributed by atoms with Crippen LogP contribution in [0.5, 0.6) is 0 Å². The third-order valence-corrected chi connectivity index (χ3v) is 2.72. The molecule has 3 nitrogen and oxygen atoms in total. The third kappa shape index (κ3) is 2.47. The minimum absolute atomic E-state index is 0.263. The quantitative estimate of drug-likeness (QED) is 0.713. The summed E-state index contributed by atoms with van der Waals surface area (Å²) >= 11 is 0. The second kappa shape index (κ2) is 5.61. The first-order valence-corrected chi connectivity index (χ1v) is 6.32.